The van der Waals surface area contributed by atoms with Crippen LogP contribution in [0.25, 0.3) is 6.08 Å². The van der Waals surface area contributed by atoms with Gasteiger partial charge in [0.1, 0.15) is 0 Å². The highest BCUT2D eigenvalue weighted by Crippen LogP contribution is 2.21. The van der Waals surface area contributed by atoms with E-state index in [1.54, 1.807) is 0 Å². The fraction of sp³-hybridized carbons (Fsp3) is 0.429. The SMILES string of the molecule is CC(C)(C)CCc1ccccc1.CC(C)C/C=C/c1ccccc1.CC(C)Cc1ccccc1.CC(C)Cc1cccs1. The molecule has 0 nitrogen and oxygen atoms in total. The van der Waals surface area contributed by atoms with Gasteiger partial charge in [-0.2, -0.15) is 0 Å². The number of rotatable bonds is 9. The van der Waals surface area contributed by atoms with Gasteiger partial charge in [-0.05, 0) is 83.4 Å². The van der Waals surface area contributed by atoms with Gasteiger partial charge < -0.3 is 0 Å². The fourth-order valence-electron chi connectivity index (χ4n) is 4.12. The van der Waals surface area contributed by atoms with Crippen molar-refractivity contribution in [1.29, 1.82) is 0 Å². The Morgan fingerprint density at radius 2 is 1.09 bits per heavy atom. The Labute approximate surface area is 270 Å². The summed E-state index contributed by atoms with van der Waals surface area (Å²) >= 11 is 1.85. The number of hydrogen-bond donors (Lipinski definition) is 0. The summed E-state index contributed by atoms with van der Waals surface area (Å²) in [5.74, 6) is 2.32. The van der Waals surface area contributed by atoms with Crippen molar-refractivity contribution in [1.82, 2.24) is 0 Å². The van der Waals surface area contributed by atoms with Crippen LogP contribution in [0.4, 0.5) is 0 Å². The van der Waals surface area contributed by atoms with Crippen LogP contribution in [0.2, 0.25) is 0 Å². The number of aryl methyl sites for hydroxylation is 1. The third-order valence-corrected chi connectivity index (χ3v) is 7.30. The van der Waals surface area contributed by atoms with E-state index in [-0.39, 0.29) is 0 Å². The summed E-state index contributed by atoms with van der Waals surface area (Å²) in [4.78, 5) is 1.50. The van der Waals surface area contributed by atoms with Gasteiger partial charge in [-0.25, -0.2) is 0 Å². The molecule has 0 N–H and O–H groups in total. The average Bonchev–Trinajstić information content (AvgIpc) is 3.46. The third-order valence-electron chi connectivity index (χ3n) is 6.40. The first kappa shape index (κ1) is 38.1. The van der Waals surface area contributed by atoms with Crippen LogP contribution in [0.1, 0.15) is 96.7 Å². The minimum atomic E-state index is 0.454. The molecular formula is C42H60S. The Morgan fingerprint density at radius 3 is 1.53 bits per heavy atom. The highest BCUT2D eigenvalue weighted by Gasteiger charge is 2.09. The molecule has 0 amide bonds. The van der Waals surface area contributed by atoms with Gasteiger partial charge in [-0.15, -0.1) is 11.3 Å². The summed E-state index contributed by atoms with van der Waals surface area (Å²) in [5, 5.41) is 2.14. The third kappa shape index (κ3) is 23.3. The van der Waals surface area contributed by atoms with Gasteiger partial charge in [0.25, 0.3) is 0 Å². The monoisotopic (exact) mass is 596 g/mol. The minimum Gasteiger partial charge on any atom is -0.149 e. The van der Waals surface area contributed by atoms with Crippen LogP contribution < -0.4 is 0 Å². The molecule has 0 fully saturated rings. The lowest BCUT2D eigenvalue weighted by molar-refractivity contribution is 0.378. The van der Waals surface area contributed by atoms with E-state index in [9.17, 15) is 0 Å². The maximum absolute atomic E-state index is 2.29. The van der Waals surface area contributed by atoms with E-state index in [1.807, 2.05) is 17.4 Å². The van der Waals surface area contributed by atoms with Gasteiger partial charge in [0, 0.05) is 4.88 Å². The minimum absolute atomic E-state index is 0.454. The van der Waals surface area contributed by atoms with Gasteiger partial charge in [0.15, 0.2) is 0 Å². The molecule has 0 radical (unpaired) electrons. The molecule has 0 aliphatic rings. The van der Waals surface area contributed by atoms with Crippen LogP contribution in [0.15, 0.2) is 115 Å². The van der Waals surface area contributed by atoms with E-state index >= 15 is 0 Å². The second-order valence-corrected chi connectivity index (χ2v) is 14.8. The predicted octanol–water partition coefficient (Wildman–Crippen LogP) is 13.2. The molecular weight excluding hydrogens is 537 g/mol. The van der Waals surface area contributed by atoms with Crippen LogP contribution in [-0.2, 0) is 19.3 Å². The van der Waals surface area contributed by atoms with Crippen molar-refractivity contribution in [3.8, 4) is 0 Å². The first-order valence-corrected chi connectivity index (χ1v) is 17.1. The lowest BCUT2D eigenvalue weighted by atomic mass is 9.89. The number of allylic oxidation sites excluding steroid dienone is 1. The molecule has 0 atom stereocenters. The van der Waals surface area contributed by atoms with E-state index in [4.69, 9.17) is 0 Å². The largest absolute Gasteiger partial charge is 0.149 e. The second kappa shape index (κ2) is 22.6. The van der Waals surface area contributed by atoms with Crippen LogP contribution in [0.3, 0.4) is 0 Å². The van der Waals surface area contributed by atoms with Crippen molar-refractivity contribution in [2.24, 2.45) is 23.2 Å². The molecule has 0 saturated heterocycles. The molecule has 4 rings (SSSR count). The van der Waals surface area contributed by atoms with Gasteiger partial charge in [0.05, 0.1) is 0 Å². The van der Waals surface area contributed by atoms with Crippen molar-refractivity contribution in [2.45, 2.75) is 94.4 Å². The van der Waals surface area contributed by atoms with E-state index in [2.05, 4.69) is 177 Å². The number of benzene rings is 3. The standard InChI is InChI=1S/C12H18.C12H16.C10H14.C8H12S/c1-12(2,3)10-9-11-7-5-4-6-8-11;1-11(2)7-6-10-12-8-4-3-5-9-12;1-9(2)8-10-6-4-3-5-7-10;1-7(2)6-8-4-3-5-9-8/h4-8H,9-10H2,1-3H3;3-6,8-11H,7H2,1-2H3;3-7,9H,8H2,1-2H3;3-5,7H,6H2,1-2H3/b;10-6+;;. The molecule has 3 aromatic carbocycles. The van der Waals surface area contributed by atoms with Gasteiger partial charge in [0.2, 0.25) is 0 Å². The van der Waals surface area contributed by atoms with Gasteiger partial charge in [-0.3, -0.25) is 0 Å². The van der Waals surface area contributed by atoms with E-state index < -0.39 is 0 Å². The lowest BCUT2D eigenvalue weighted by Gasteiger charge is -2.17. The molecule has 234 valence electrons. The second-order valence-electron chi connectivity index (χ2n) is 13.7. The molecule has 1 heteroatoms. The summed E-state index contributed by atoms with van der Waals surface area (Å²) in [6, 6.07) is 36.0. The van der Waals surface area contributed by atoms with Crippen molar-refractivity contribution in [3.63, 3.8) is 0 Å². The van der Waals surface area contributed by atoms with Crippen LogP contribution in [-0.4, -0.2) is 0 Å². The molecule has 0 aliphatic carbocycles. The Bertz CT molecular complexity index is 1160. The lowest BCUT2D eigenvalue weighted by Crippen LogP contribution is -2.06. The zero-order valence-corrected chi connectivity index (χ0v) is 29.5. The zero-order chi connectivity index (χ0) is 31.9. The maximum Gasteiger partial charge on any atom is 0.00477 e. The van der Waals surface area contributed by atoms with Crippen molar-refractivity contribution >= 4 is 17.4 Å². The highest BCUT2D eigenvalue weighted by molar-refractivity contribution is 7.09. The van der Waals surface area contributed by atoms with Crippen LogP contribution in [0, 0.1) is 23.2 Å². The summed E-state index contributed by atoms with van der Waals surface area (Å²) in [6.45, 7) is 20.3. The summed E-state index contributed by atoms with van der Waals surface area (Å²) < 4.78 is 0. The number of thiophene rings is 1. The summed E-state index contributed by atoms with van der Waals surface area (Å²) in [7, 11) is 0. The predicted molar refractivity (Wildman–Crippen MR) is 197 cm³/mol. The topological polar surface area (TPSA) is 0 Å². The Hall–Kier alpha value is -2.90. The fourth-order valence-corrected chi connectivity index (χ4v) is 5.04. The summed E-state index contributed by atoms with van der Waals surface area (Å²) in [6.07, 6.45) is 10.5. The van der Waals surface area contributed by atoms with Crippen LogP contribution >= 0.6 is 11.3 Å². The molecule has 0 saturated carbocycles. The Kier molecular flexibility index (Phi) is 20.0. The molecule has 0 aliphatic heterocycles. The van der Waals surface area contributed by atoms with Gasteiger partial charge >= 0.3 is 0 Å². The van der Waals surface area contributed by atoms with Crippen molar-refractivity contribution in [3.05, 3.63) is 136 Å². The molecule has 0 spiro atoms. The normalized spacial score (nSPS) is 11.0. The molecule has 0 bridgehead atoms. The molecule has 1 heterocycles. The zero-order valence-electron chi connectivity index (χ0n) is 28.7. The Morgan fingerprint density at radius 1 is 0.581 bits per heavy atom. The maximum atomic E-state index is 2.29. The molecule has 1 aromatic heterocycles. The van der Waals surface area contributed by atoms with E-state index in [0.717, 1.165) is 24.2 Å². The average molecular weight is 597 g/mol. The first-order chi connectivity index (χ1) is 20.4. The van der Waals surface area contributed by atoms with Crippen molar-refractivity contribution < 1.29 is 0 Å². The number of hydrogen-bond acceptors (Lipinski definition) is 1. The smallest absolute Gasteiger partial charge is 0.00477 e. The van der Waals surface area contributed by atoms with Gasteiger partial charge in [-0.1, -0.05) is 172 Å². The molecule has 4 aromatic rings. The molecule has 0 unspecified atom stereocenters. The van der Waals surface area contributed by atoms with E-state index in [1.165, 1.54) is 47.3 Å². The quantitative estimate of drug-likeness (QED) is 0.180. The van der Waals surface area contributed by atoms with Crippen LogP contribution in [0.5, 0.6) is 0 Å². The first-order valence-electron chi connectivity index (χ1n) is 16.3. The summed E-state index contributed by atoms with van der Waals surface area (Å²) in [5.41, 5.74) is 4.64. The van der Waals surface area contributed by atoms with E-state index in [0.29, 0.717) is 5.41 Å². The van der Waals surface area contributed by atoms with Crippen molar-refractivity contribution in [2.75, 3.05) is 0 Å². The molecule has 43 heavy (non-hydrogen) atoms. The Balaban J connectivity index is 0.000000289. The highest BCUT2D eigenvalue weighted by atomic mass is 32.1.